The topological polar surface area (TPSA) is 57.5 Å². The van der Waals surface area contributed by atoms with Gasteiger partial charge in [-0.1, -0.05) is 12.1 Å². The number of halogens is 1. The lowest BCUT2D eigenvalue weighted by Gasteiger charge is -2.03. The summed E-state index contributed by atoms with van der Waals surface area (Å²) < 4.78 is 11.6. The predicted octanol–water partition coefficient (Wildman–Crippen LogP) is 1.97. The Hall–Kier alpha value is 0.100. The Morgan fingerprint density at radius 3 is 2.58 bits per heavy atom. The molecule has 0 amide bonds. The Balaban J connectivity index is 2.84. The van der Waals surface area contributed by atoms with Crippen LogP contribution in [0.25, 0.3) is 0 Å². The Bertz CT molecular complexity index is 320. The molecule has 2 N–H and O–H groups in total. The quantitative estimate of drug-likeness (QED) is 0.648. The molecule has 0 aliphatic rings. The maximum atomic E-state index is 10.6. The van der Waals surface area contributed by atoms with Gasteiger partial charge in [0.1, 0.15) is 0 Å². The summed E-state index contributed by atoms with van der Waals surface area (Å²) in [6.45, 7) is 0. The van der Waals surface area contributed by atoms with Crippen LogP contribution in [0.15, 0.2) is 24.3 Å². The van der Waals surface area contributed by atoms with Gasteiger partial charge < -0.3 is 9.79 Å². The minimum atomic E-state index is -3.91. The maximum Gasteiger partial charge on any atom is 0.329 e. The van der Waals surface area contributed by atoms with Crippen molar-refractivity contribution < 1.29 is 14.4 Å². The molecule has 3 nitrogen and oxygen atoms in total. The fraction of sp³-hybridized carbons (Fsp3) is 0.143. The fourth-order valence-electron chi connectivity index (χ4n) is 0.873. The van der Waals surface area contributed by atoms with Crippen LogP contribution in [0.2, 0.25) is 0 Å². The van der Waals surface area contributed by atoms with Gasteiger partial charge in [0, 0.05) is 3.57 Å². The van der Waals surface area contributed by atoms with Crippen molar-refractivity contribution in [3.8, 4) is 0 Å². The molecule has 0 saturated carbocycles. The van der Waals surface area contributed by atoms with E-state index in [2.05, 4.69) is 22.6 Å². The van der Waals surface area contributed by atoms with Gasteiger partial charge >= 0.3 is 7.60 Å². The maximum absolute atomic E-state index is 10.6. The van der Waals surface area contributed by atoms with E-state index in [1.54, 1.807) is 18.2 Å². The summed E-state index contributed by atoms with van der Waals surface area (Å²) in [7, 11) is -3.91. The highest BCUT2D eigenvalue weighted by Gasteiger charge is 2.13. The normalized spacial score (nSPS) is 11.6. The first-order valence-corrected chi connectivity index (χ1v) is 6.14. The van der Waals surface area contributed by atoms with E-state index in [1.165, 1.54) is 0 Å². The molecule has 12 heavy (non-hydrogen) atoms. The molecule has 0 radical (unpaired) electrons. The molecule has 0 heterocycles. The molecule has 1 aromatic carbocycles. The first kappa shape index (κ1) is 10.2. The molecule has 5 heteroatoms. The standard InChI is InChI=1S/C7H8IO3P/c8-7-3-1-2-6(4-7)5-12(9,10)11/h1-4H,5H2,(H2,9,10,11). The smallest absolute Gasteiger partial charge is 0.324 e. The van der Waals surface area contributed by atoms with E-state index in [0.717, 1.165) is 3.57 Å². The lowest BCUT2D eigenvalue weighted by Crippen LogP contribution is -1.86. The third-order valence-electron chi connectivity index (χ3n) is 1.28. The molecule has 0 spiro atoms. The van der Waals surface area contributed by atoms with Crippen LogP contribution in [0.4, 0.5) is 0 Å². The van der Waals surface area contributed by atoms with E-state index < -0.39 is 7.60 Å². The number of benzene rings is 1. The van der Waals surface area contributed by atoms with E-state index in [9.17, 15) is 4.57 Å². The largest absolute Gasteiger partial charge is 0.329 e. The van der Waals surface area contributed by atoms with Crippen LogP contribution in [-0.4, -0.2) is 9.79 Å². The van der Waals surface area contributed by atoms with Crippen LogP contribution in [0.3, 0.4) is 0 Å². The van der Waals surface area contributed by atoms with Gasteiger partial charge in [0.05, 0.1) is 6.16 Å². The van der Waals surface area contributed by atoms with E-state index in [1.807, 2.05) is 6.07 Å². The third kappa shape index (κ3) is 3.67. The fourth-order valence-corrected chi connectivity index (χ4v) is 2.15. The van der Waals surface area contributed by atoms with Crippen molar-refractivity contribution in [1.29, 1.82) is 0 Å². The third-order valence-corrected chi connectivity index (χ3v) is 2.73. The molecule has 0 fully saturated rings. The van der Waals surface area contributed by atoms with Crippen molar-refractivity contribution in [2.45, 2.75) is 6.16 Å². The van der Waals surface area contributed by atoms with Gasteiger partial charge in [0.25, 0.3) is 0 Å². The molecule has 0 aromatic heterocycles. The van der Waals surface area contributed by atoms with Crippen LogP contribution < -0.4 is 0 Å². The second kappa shape index (κ2) is 3.87. The van der Waals surface area contributed by atoms with Gasteiger partial charge in [-0.25, -0.2) is 0 Å². The Labute approximate surface area is 84.1 Å². The molecule has 0 saturated heterocycles. The van der Waals surface area contributed by atoms with Crippen molar-refractivity contribution >= 4 is 30.2 Å². The van der Waals surface area contributed by atoms with Crippen LogP contribution in [0, 0.1) is 3.57 Å². The Morgan fingerprint density at radius 2 is 2.08 bits per heavy atom. The Morgan fingerprint density at radius 1 is 1.42 bits per heavy atom. The minimum absolute atomic E-state index is 0.177. The van der Waals surface area contributed by atoms with Gasteiger partial charge in [-0.3, -0.25) is 4.57 Å². The number of rotatable bonds is 2. The van der Waals surface area contributed by atoms with Gasteiger partial charge in [-0.2, -0.15) is 0 Å². The molecular weight excluding hydrogens is 290 g/mol. The van der Waals surface area contributed by atoms with Crippen molar-refractivity contribution in [3.05, 3.63) is 33.4 Å². The Kier molecular flexibility index (Phi) is 3.29. The summed E-state index contributed by atoms with van der Waals surface area (Å²) in [6.07, 6.45) is -0.177. The first-order valence-electron chi connectivity index (χ1n) is 3.26. The molecule has 1 aromatic rings. The molecule has 66 valence electrons. The van der Waals surface area contributed by atoms with Crippen molar-refractivity contribution in [2.24, 2.45) is 0 Å². The van der Waals surface area contributed by atoms with E-state index in [0.29, 0.717) is 5.56 Å². The van der Waals surface area contributed by atoms with Gasteiger partial charge in [0.2, 0.25) is 0 Å². The summed E-state index contributed by atoms with van der Waals surface area (Å²) in [5.41, 5.74) is 0.676. The zero-order chi connectivity index (χ0) is 9.19. The van der Waals surface area contributed by atoms with Crippen molar-refractivity contribution in [3.63, 3.8) is 0 Å². The second-order valence-electron chi connectivity index (χ2n) is 2.45. The summed E-state index contributed by atoms with van der Waals surface area (Å²) in [5, 5.41) is 0. The van der Waals surface area contributed by atoms with Crippen LogP contribution in [-0.2, 0) is 10.7 Å². The van der Waals surface area contributed by atoms with Crippen molar-refractivity contribution in [1.82, 2.24) is 0 Å². The SMILES string of the molecule is O=P(O)(O)Cc1cccc(I)c1. The van der Waals surface area contributed by atoms with Crippen LogP contribution in [0.1, 0.15) is 5.56 Å². The highest BCUT2D eigenvalue weighted by molar-refractivity contribution is 14.1. The summed E-state index contributed by atoms with van der Waals surface area (Å²) in [4.78, 5) is 17.3. The van der Waals surface area contributed by atoms with E-state index in [4.69, 9.17) is 9.79 Å². The molecule has 0 aliphatic heterocycles. The highest BCUT2D eigenvalue weighted by atomic mass is 127. The van der Waals surface area contributed by atoms with Gasteiger partial charge in [0.15, 0.2) is 0 Å². The number of hydrogen-bond donors (Lipinski definition) is 2. The second-order valence-corrected chi connectivity index (χ2v) is 5.34. The van der Waals surface area contributed by atoms with Gasteiger partial charge in [-0.05, 0) is 40.3 Å². The van der Waals surface area contributed by atoms with Crippen LogP contribution in [0.5, 0.6) is 0 Å². The van der Waals surface area contributed by atoms with Gasteiger partial charge in [-0.15, -0.1) is 0 Å². The molecule has 1 rings (SSSR count). The highest BCUT2D eigenvalue weighted by Crippen LogP contribution is 2.39. The average Bonchev–Trinajstić information content (AvgIpc) is 1.82. The summed E-state index contributed by atoms with van der Waals surface area (Å²) >= 11 is 2.10. The summed E-state index contributed by atoms with van der Waals surface area (Å²) in [5.74, 6) is 0. The molecule has 0 unspecified atom stereocenters. The van der Waals surface area contributed by atoms with Crippen LogP contribution >= 0.6 is 30.2 Å². The average molecular weight is 298 g/mol. The minimum Gasteiger partial charge on any atom is -0.324 e. The molecular formula is C7H8IO3P. The monoisotopic (exact) mass is 298 g/mol. The zero-order valence-electron chi connectivity index (χ0n) is 6.14. The van der Waals surface area contributed by atoms with E-state index >= 15 is 0 Å². The lowest BCUT2D eigenvalue weighted by molar-refractivity contribution is 0.371. The van der Waals surface area contributed by atoms with E-state index in [-0.39, 0.29) is 6.16 Å². The molecule has 0 atom stereocenters. The summed E-state index contributed by atoms with van der Waals surface area (Å²) in [6, 6.07) is 7.14. The number of hydrogen-bond acceptors (Lipinski definition) is 1. The molecule has 0 bridgehead atoms. The lowest BCUT2D eigenvalue weighted by atomic mass is 10.2. The predicted molar refractivity (Wildman–Crippen MR) is 54.9 cm³/mol. The first-order chi connectivity index (χ1) is 5.47. The molecule has 0 aliphatic carbocycles. The van der Waals surface area contributed by atoms with Crippen molar-refractivity contribution in [2.75, 3.05) is 0 Å². The zero-order valence-corrected chi connectivity index (χ0v) is 9.20.